The highest BCUT2D eigenvalue weighted by Crippen LogP contribution is 2.65. The van der Waals surface area contributed by atoms with Crippen LogP contribution in [0.5, 0.6) is 0 Å². The summed E-state index contributed by atoms with van der Waals surface area (Å²) in [5.74, 6) is -5.23. The van der Waals surface area contributed by atoms with Crippen LogP contribution in [0.2, 0.25) is 0 Å². The fourth-order valence-corrected chi connectivity index (χ4v) is 6.88. The number of aliphatic hydroxyl groups excluding tert-OH is 1. The van der Waals surface area contributed by atoms with Crippen LogP contribution < -0.4 is 0 Å². The zero-order valence-corrected chi connectivity index (χ0v) is 24.2. The van der Waals surface area contributed by atoms with Crippen LogP contribution in [0.25, 0.3) is 0 Å². The number of hydrogen-bond acceptors (Lipinski definition) is 13. The minimum atomic E-state index is -2.08. The standard InChI is InChI=1S/C28H36O13/c1-12-11-18-28(27(8,41-28)24(34)40-18)23(39-16(5)32)21-25(6,10-9-17(26(21,7)35)36-13(2)29)22(38-15(4)31)19(33)20(12)37-14(3)30/h9-11,17-23,33,35H,1-8H3/b12-11-/t17-,18+,19-,20+,21-,22+,23+,25+,26-,27+,28+/m1/s1. The number of rotatable bonds is 4. The summed E-state index contributed by atoms with van der Waals surface area (Å²) in [6, 6.07) is 0. The van der Waals surface area contributed by atoms with Crippen LogP contribution >= 0.6 is 0 Å². The molecule has 0 aromatic carbocycles. The Balaban J connectivity index is 2.09. The van der Waals surface area contributed by atoms with Gasteiger partial charge in [-0.3, -0.25) is 19.2 Å². The lowest BCUT2D eigenvalue weighted by Gasteiger charge is -2.55. The highest BCUT2D eigenvalue weighted by molar-refractivity contribution is 5.89. The van der Waals surface area contributed by atoms with E-state index < -0.39 is 94.6 Å². The Bertz CT molecular complexity index is 1240. The molecule has 4 aliphatic rings. The predicted octanol–water partition coefficient (Wildman–Crippen LogP) is 0.430. The Morgan fingerprint density at radius 1 is 0.878 bits per heavy atom. The van der Waals surface area contributed by atoms with Crippen molar-refractivity contribution < 1.29 is 62.6 Å². The fraction of sp³-hybridized carbons (Fsp3) is 0.679. The Hall–Kier alpha value is -3.29. The number of hydrogen-bond donors (Lipinski definition) is 2. The van der Waals surface area contributed by atoms with Gasteiger partial charge in [-0.25, -0.2) is 4.79 Å². The first-order chi connectivity index (χ1) is 18.8. The molecule has 226 valence electrons. The largest absolute Gasteiger partial charge is 0.459 e. The number of esters is 5. The first-order valence-corrected chi connectivity index (χ1v) is 13.2. The van der Waals surface area contributed by atoms with Crippen molar-refractivity contribution in [2.24, 2.45) is 11.3 Å². The number of carbonyl (C=O) groups is 5. The number of fused-ring (bicyclic) bond motifs is 1. The van der Waals surface area contributed by atoms with Gasteiger partial charge in [0.1, 0.15) is 30.0 Å². The van der Waals surface area contributed by atoms with Crippen molar-refractivity contribution in [2.75, 3.05) is 0 Å². The highest BCUT2D eigenvalue weighted by atomic mass is 16.7. The van der Waals surface area contributed by atoms with Crippen LogP contribution in [-0.4, -0.2) is 93.5 Å². The summed E-state index contributed by atoms with van der Waals surface area (Å²) < 4.78 is 34.2. The second kappa shape index (κ2) is 9.92. The summed E-state index contributed by atoms with van der Waals surface area (Å²) in [7, 11) is 0. The van der Waals surface area contributed by atoms with Crippen molar-refractivity contribution in [1.82, 2.24) is 0 Å². The van der Waals surface area contributed by atoms with Crippen molar-refractivity contribution in [1.29, 1.82) is 0 Å². The van der Waals surface area contributed by atoms with E-state index >= 15 is 0 Å². The lowest BCUT2D eigenvalue weighted by Crippen LogP contribution is -2.69. The van der Waals surface area contributed by atoms with Gasteiger partial charge in [0.05, 0.1) is 0 Å². The van der Waals surface area contributed by atoms with Gasteiger partial charge in [0.15, 0.2) is 23.4 Å². The van der Waals surface area contributed by atoms with Crippen molar-refractivity contribution in [3.63, 3.8) is 0 Å². The molecular formula is C28H36O13. The number of aliphatic hydroxyl groups is 2. The molecule has 0 radical (unpaired) electrons. The van der Waals surface area contributed by atoms with Gasteiger partial charge in [-0.2, -0.15) is 0 Å². The van der Waals surface area contributed by atoms with Crippen molar-refractivity contribution in [2.45, 2.75) is 109 Å². The molecule has 0 amide bonds. The van der Waals surface area contributed by atoms with Gasteiger partial charge in [-0.1, -0.05) is 13.0 Å². The van der Waals surface area contributed by atoms with Crippen LogP contribution in [0.3, 0.4) is 0 Å². The first kappa shape index (κ1) is 30.7. The van der Waals surface area contributed by atoms with Gasteiger partial charge >= 0.3 is 29.8 Å². The summed E-state index contributed by atoms with van der Waals surface area (Å²) in [5, 5.41) is 23.9. The monoisotopic (exact) mass is 580 g/mol. The molecule has 4 rings (SSSR count). The van der Waals surface area contributed by atoms with E-state index in [1.54, 1.807) is 0 Å². The third-order valence-electron chi connectivity index (χ3n) is 8.62. The molecule has 2 aliphatic carbocycles. The van der Waals surface area contributed by atoms with E-state index in [4.69, 9.17) is 28.4 Å². The van der Waals surface area contributed by atoms with Crippen LogP contribution in [0.1, 0.15) is 55.4 Å². The molecule has 2 heterocycles. The maximum absolute atomic E-state index is 13.1. The topological polar surface area (TPSA) is 184 Å². The van der Waals surface area contributed by atoms with Gasteiger partial charge in [0.2, 0.25) is 0 Å². The third kappa shape index (κ3) is 4.63. The lowest BCUT2D eigenvalue weighted by molar-refractivity contribution is -0.230. The zero-order valence-electron chi connectivity index (χ0n) is 24.2. The van der Waals surface area contributed by atoms with Gasteiger partial charge in [-0.05, 0) is 38.5 Å². The maximum Gasteiger partial charge on any atom is 0.342 e. The Kier molecular flexibility index (Phi) is 7.42. The minimum absolute atomic E-state index is 0.231. The van der Waals surface area contributed by atoms with Crippen LogP contribution in [0.15, 0.2) is 23.8 Å². The predicted molar refractivity (Wildman–Crippen MR) is 135 cm³/mol. The van der Waals surface area contributed by atoms with E-state index in [0.717, 1.165) is 27.7 Å². The molecule has 0 unspecified atom stereocenters. The van der Waals surface area contributed by atoms with Crippen molar-refractivity contribution in [3.05, 3.63) is 23.8 Å². The Morgan fingerprint density at radius 2 is 1.41 bits per heavy atom. The van der Waals surface area contributed by atoms with Gasteiger partial charge in [0, 0.05) is 39.0 Å². The van der Waals surface area contributed by atoms with Crippen LogP contribution in [-0.2, 0) is 52.4 Å². The summed E-state index contributed by atoms with van der Waals surface area (Å²) in [6.07, 6.45) is -4.40. The molecule has 2 N–H and O–H groups in total. The molecule has 13 heteroatoms. The second-order valence-electron chi connectivity index (χ2n) is 11.7. The van der Waals surface area contributed by atoms with E-state index in [-0.39, 0.29) is 5.57 Å². The third-order valence-corrected chi connectivity index (χ3v) is 8.62. The SMILES string of the molecule is CC(=O)O[C@H]1/C(C)=C\[C@@H]2OC(=O)[C@]3(C)O[C@]23[C@@H](OC(C)=O)[C@H]2[C@](C)(O)[C@H](OC(C)=O)C=C[C@]2(C)[C@@H](OC(C)=O)[C@@H]1O. The maximum atomic E-state index is 13.1. The molecule has 11 atom stereocenters. The summed E-state index contributed by atoms with van der Waals surface area (Å²) in [6.45, 7) is 10.4. The van der Waals surface area contributed by atoms with Crippen LogP contribution in [0.4, 0.5) is 0 Å². The van der Waals surface area contributed by atoms with E-state index in [1.807, 2.05) is 0 Å². The molecule has 0 aromatic rings. The minimum Gasteiger partial charge on any atom is -0.459 e. The number of carbonyl (C=O) groups excluding carboxylic acids is 5. The quantitative estimate of drug-likeness (QED) is 0.202. The van der Waals surface area contributed by atoms with Gasteiger partial charge in [0.25, 0.3) is 0 Å². The normalized spacial score (nSPS) is 45.9. The number of ether oxygens (including phenoxy) is 6. The van der Waals surface area contributed by atoms with E-state index in [1.165, 1.54) is 45.9 Å². The Morgan fingerprint density at radius 3 is 1.93 bits per heavy atom. The summed E-state index contributed by atoms with van der Waals surface area (Å²) in [5.41, 5.74) is -6.81. The first-order valence-electron chi connectivity index (χ1n) is 13.2. The molecule has 0 saturated carbocycles. The summed E-state index contributed by atoms with van der Waals surface area (Å²) in [4.78, 5) is 62.3. The molecule has 2 saturated heterocycles. The van der Waals surface area contributed by atoms with Crippen molar-refractivity contribution in [3.8, 4) is 0 Å². The smallest absolute Gasteiger partial charge is 0.342 e. The highest BCUT2D eigenvalue weighted by Gasteiger charge is 2.88. The molecule has 2 aliphatic heterocycles. The molecule has 0 aromatic heterocycles. The van der Waals surface area contributed by atoms with Crippen molar-refractivity contribution >= 4 is 29.8 Å². The van der Waals surface area contributed by atoms with Gasteiger partial charge < -0.3 is 38.6 Å². The van der Waals surface area contributed by atoms with E-state index in [2.05, 4.69) is 0 Å². The van der Waals surface area contributed by atoms with Gasteiger partial charge in [-0.15, -0.1) is 0 Å². The van der Waals surface area contributed by atoms with E-state index in [0.29, 0.717) is 0 Å². The average Bonchev–Trinajstić information content (AvgIpc) is 3.42. The fourth-order valence-electron chi connectivity index (χ4n) is 6.88. The van der Waals surface area contributed by atoms with E-state index in [9.17, 15) is 34.2 Å². The molecular weight excluding hydrogens is 544 g/mol. The lowest BCUT2D eigenvalue weighted by atomic mass is 9.55. The average molecular weight is 581 g/mol. The molecule has 0 bridgehead atoms. The second-order valence-corrected chi connectivity index (χ2v) is 11.7. The molecule has 41 heavy (non-hydrogen) atoms. The number of epoxide rings is 1. The summed E-state index contributed by atoms with van der Waals surface area (Å²) >= 11 is 0. The molecule has 13 nitrogen and oxygen atoms in total. The Labute approximate surface area is 236 Å². The van der Waals surface area contributed by atoms with Crippen LogP contribution in [0, 0.1) is 11.3 Å². The molecule has 1 spiro atoms. The zero-order chi connectivity index (χ0) is 30.9. The molecule has 2 fully saturated rings.